The predicted molar refractivity (Wildman–Crippen MR) is 109 cm³/mol. The molecule has 0 bridgehead atoms. The van der Waals surface area contributed by atoms with E-state index in [1.54, 1.807) is 6.92 Å². The first-order valence-corrected chi connectivity index (χ1v) is 10.8. The highest BCUT2D eigenvalue weighted by Gasteiger charge is 2.48. The second-order valence-corrected chi connectivity index (χ2v) is 7.83. The van der Waals surface area contributed by atoms with Crippen LogP contribution in [-0.4, -0.2) is 59.8 Å². The molecule has 1 atom stereocenters. The summed E-state index contributed by atoms with van der Waals surface area (Å²) in [5.74, 6) is -0.548. The smallest absolute Gasteiger partial charge is 0.331 e. The Morgan fingerprint density at radius 1 is 1.21 bits per heavy atom. The van der Waals surface area contributed by atoms with Crippen LogP contribution in [0.25, 0.3) is 0 Å². The van der Waals surface area contributed by atoms with E-state index in [-0.39, 0.29) is 17.3 Å². The van der Waals surface area contributed by atoms with Crippen molar-refractivity contribution >= 4 is 29.4 Å². The number of nitrogens with one attached hydrogen (secondary N) is 1. The average molecular weight is 425 g/mol. The zero-order valence-corrected chi connectivity index (χ0v) is 17.8. The van der Waals surface area contributed by atoms with E-state index in [9.17, 15) is 9.59 Å². The minimum Gasteiger partial charge on any atom is -0.464 e. The topological polar surface area (TPSA) is 93.6 Å². The van der Waals surface area contributed by atoms with Crippen molar-refractivity contribution in [2.45, 2.75) is 64.0 Å². The Balaban J connectivity index is 1.86. The molecule has 1 N–H and O–H groups in total. The zero-order chi connectivity index (χ0) is 20.9. The Kier molecular flexibility index (Phi) is 7.29. The van der Waals surface area contributed by atoms with Gasteiger partial charge in [0, 0.05) is 19.7 Å². The number of carbonyl (C=O) groups excluding carboxylic acids is 2. The van der Waals surface area contributed by atoms with Gasteiger partial charge in [0.25, 0.3) is 5.91 Å². The molecule has 1 aliphatic carbocycles. The molecule has 160 valence electrons. The summed E-state index contributed by atoms with van der Waals surface area (Å²) < 4.78 is 11.3. The zero-order valence-electron chi connectivity index (χ0n) is 17.1. The van der Waals surface area contributed by atoms with Crippen molar-refractivity contribution in [3.63, 3.8) is 0 Å². The van der Waals surface area contributed by atoms with Crippen molar-refractivity contribution < 1.29 is 19.1 Å². The second-order valence-electron chi connectivity index (χ2n) is 7.42. The maximum absolute atomic E-state index is 13.1. The van der Waals surface area contributed by atoms with Gasteiger partial charge in [0.15, 0.2) is 11.7 Å². The molecule has 1 aliphatic heterocycles. The van der Waals surface area contributed by atoms with Crippen molar-refractivity contribution in [1.82, 2.24) is 15.3 Å². The molecule has 2 aliphatic rings. The van der Waals surface area contributed by atoms with Crippen LogP contribution < -0.4 is 10.2 Å². The molecule has 1 saturated heterocycles. The number of ether oxygens (including phenoxy) is 2. The maximum atomic E-state index is 13.1. The average Bonchev–Trinajstić information content (AvgIpc) is 3.39. The highest BCUT2D eigenvalue weighted by Crippen LogP contribution is 2.37. The Bertz CT molecular complexity index is 733. The second kappa shape index (κ2) is 9.71. The number of hydrogen-bond acceptors (Lipinski definition) is 7. The SMILES string of the molecule is CCOC(=O)[C@H](NC(=O)c1nc(N2CCCC2)ncc1Cl)C1(OCC)CCCC1. The molecular formula is C20H29ClN4O4. The molecule has 2 heterocycles. The summed E-state index contributed by atoms with van der Waals surface area (Å²) in [6.45, 7) is 5.99. The van der Waals surface area contributed by atoms with Crippen LogP contribution in [-0.2, 0) is 14.3 Å². The van der Waals surface area contributed by atoms with E-state index in [4.69, 9.17) is 21.1 Å². The van der Waals surface area contributed by atoms with Gasteiger partial charge in [-0.25, -0.2) is 14.8 Å². The third kappa shape index (κ3) is 4.80. The number of hydrogen-bond donors (Lipinski definition) is 1. The summed E-state index contributed by atoms with van der Waals surface area (Å²) in [4.78, 5) is 36.5. The summed E-state index contributed by atoms with van der Waals surface area (Å²) in [6.07, 6.45) is 6.79. The lowest BCUT2D eigenvalue weighted by Crippen LogP contribution is -2.58. The number of rotatable bonds is 8. The van der Waals surface area contributed by atoms with Gasteiger partial charge < -0.3 is 19.7 Å². The fourth-order valence-electron chi connectivity index (χ4n) is 4.19. The minimum atomic E-state index is -0.918. The van der Waals surface area contributed by atoms with Crippen LogP contribution >= 0.6 is 11.6 Å². The third-order valence-corrected chi connectivity index (χ3v) is 5.82. The summed E-state index contributed by atoms with van der Waals surface area (Å²) in [6, 6.07) is -0.918. The number of aromatic nitrogens is 2. The molecule has 8 nitrogen and oxygen atoms in total. The van der Waals surface area contributed by atoms with Crippen LogP contribution in [0.4, 0.5) is 5.95 Å². The van der Waals surface area contributed by atoms with E-state index < -0.39 is 23.5 Å². The third-order valence-electron chi connectivity index (χ3n) is 5.54. The fourth-order valence-corrected chi connectivity index (χ4v) is 4.37. The van der Waals surface area contributed by atoms with Crippen LogP contribution in [0.15, 0.2) is 6.20 Å². The summed E-state index contributed by atoms with van der Waals surface area (Å²) in [7, 11) is 0. The lowest BCUT2D eigenvalue weighted by atomic mass is 9.91. The van der Waals surface area contributed by atoms with Crippen LogP contribution in [0.5, 0.6) is 0 Å². The van der Waals surface area contributed by atoms with E-state index in [1.807, 2.05) is 11.8 Å². The van der Waals surface area contributed by atoms with Gasteiger partial charge in [0.05, 0.1) is 23.4 Å². The van der Waals surface area contributed by atoms with Crippen molar-refractivity contribution in [3.05, 3.63) is 16.9 Å². The van der Waals surface area contributed by atoms with Crippen molar-refractivity contribution in [3.8, 4) is 0 Å². The molecule has 9 heteroatoms. The van der Waals surface area contributed by atoms with E-state index >= 15 is 0 Å². The molecule has 1 saturated carbocycles. The number of anilines is 1. The van der Waals surface area contributed by atoms with Crippen LogP contribution in [0.3, 0.4) is 0 Å². The van der Waals surface area contributed by atoms with Crippen molar-refractivity contribution in [1.29, 1.82) is 0 Å². The van der Waals surface area contributed by atoms with Gasteiger partial charge in [-0.05, 0) is 39.5 Å². The molecule has 0 unspecified atom stereocenters. The van der Waals surface area contributed by atoms with Crippen LogP contribution in [0.1, 0.15) is 62.9 Å². The van der Waals surface area contributed by atoms with E-state index in [2.05, 4.69) is 15.3 Å². The minimum absolute atomic E-state index is 0.0579. The molecule has 0 radical (unpaired) electrons. The fraction of sp³-hybridized carbons (Fsp3) is 0.700. The van der Waals surface area contributed by atoms with Gasteiger partial charge >= 0.3 is 5.97 Å². The first-order valence-electron chi connectivity index (χ1n) is 10.4. The molecule has 3 rings (SSSR count). The molecule has 0 spiro atoms. The number of amides is 1. The van der Waals surface area contributed by atoms with Crippen molar-refractivity contribution in [2.75, 3.05) is 31.2 Å². The van der Waals surface area contributed by atoms with Gasteiger partial charge in [-0.2, -0.15) is 0 Å². The number of nitrogens with zero attached hydrogens (tertiary/aromatic N) is 3. The highest BCUT2D eigenvalue weighted by molar-refractivity contribution is 6.33. The molecule has 1 amide bonds. The molecule has 0 aromatic carbocycles. The molecule has 2 fully saturated rings. The normalized spacial score (nSPS) is 19.2. The van der Waals surface area contributed by atoms with Gasteiger partial charge in [-0.3, -0.25) is 4.79 Å². The molecule has 29 heavy (non-hydrogen) atoms. The van der Waals surface area contributed by atoms with Gasteiger partial charge in [-0.1, -0.05) is 24.4 Å². The van der Waals surface area contributed by atoms with Crippen LogP contribution in [0.2, 0.25) is 5.02 Å². The lowest BCUT2D eigenvalue weighted by molar-refractivity contribution is -0.156. The Morgan fingerprint density at radius 3 is 2.52 bits per heavy atom. The van der Waals surface area contributed by atoms with Gasteiger partial charge in [0.1, 0.15) is 0 Å². The maximum Gasteiger partial charge on any atom is 0.331 e. The Labute approximate surface area is 176 Å². The largest absolute Gasteiger partial charge is 0.464 e. The Hall–Kier alpha value is -1.93. The number of esters is 1. The quantitative estimate of drug-likeness (QED) is 0.641. The van der Waals surface area contributed by atoms with Gasteiger partial charge in [-0.15, -0.1) is 0 Å². The predicted octanol–water partition coefficient (Wildman–Crippen LogP) is 2.74. The summed E-state index contributed by atoms with van der Waals surface area (Å²) in [5.41, 5.74) is -0.712. The van der Waals surface area contributed by atoms with Crippen molar-refractivity contribution in [2.24, 2.45) is 0 Å². The van der Waals surface area contributed by atoms with E-state index in [1.165, 1.54) is 6.20 Å². The summed E-state index contributed by atoms with van der Waals surface area (Å²) >= 11 is 6.23. The van der Waals surface area contributed by atoms with Gasteiger partial charge in [0.2, 0.25) is 5.95 Å². The van der Waals surface area contributed by atoms with Crippen LogP contribution in [0, 0.1) is 0 Å². The molecule has 1 aromatic heterocycles. The molecular weight excluding hydrogens is 396 g/mol. The summed E-state index contributed by atoms with van der Waals surface area (Å²) in [5, 5.41) is 2.96. The van der Waals surface area contributed by atoms with E-state index in [0.29, 0.717) is 25.4 Å². The highest BCUT2D eigenvalue weighted by atomic mass is 35.5. The van der Waals surface area contributed by atoms with E-state index in [0.717, 1.165) is 38.8 Å². The lowest BCUT2D eigenvalue weighted by Gasteiger charge is -2.36. The monoisotopic (exact) mass is 424 g/mol. The Morgan fingerprint density at radius 2 is 1.90 bits per heavy atom. The number of carbonyl (C=O) groups is 2. The number of halogens is 1. The first kappa shape index (κ1) is 21.8. The standard InChI is InChI=1S/C20H29ClN4O4/c1-3-28-18(27)16(20(29-4-2)9-5-6-10-20)24-17(26)15-14(21)13-22-19(23-15)25-11-7-8-12-25/h13,16H,3-12H2,1-2H3,(H,24,26)/t16-/m0/s1. The molecule has 1 aromatic rings. The first-order chi connectivity index (χ1) is 14.0.